The SMILES string of the molecule is O=S(=O)(N[C@H](CO)c1ccccc1)c1cnc(Cl)c(Cl)c1. The molecule has 0 spiro atoms. The average molecular weight is 347 g/mol. The predicted molar refractivity (Wildman–Crippen MR) is 80.8 cm³/mol. The standard InChI is InChI=1S/C13H12Cl2N2O3S/c14-11-6-10(7-16-13(11)15)21(19,20)17-12(8-18)9-4-2-1-3-5-9/h1-7,12,17-18H,8H2/t12-/m1/s1. The van der Waals surface area contributed by atoms with Crippen LogP contribution < -0.4 is 4.72 Å². The first-order valence-corrected chi connectivity index (χ1v) is 8.17. The van der Waals surface area contributed by atoms with Gasteiger partial charge in [-0.3, -0.25) is 0 Å². The molecule has 0 aliphatic carbocycles. The molecule has 1 aromatic carbocycles. The number of rotatable bonds is 5. The number of pyridine rings is 1. The third-order valence-corrected chi connectivity index (χ3v) is 4.89. The Labute approximate surface area is 132 Å². The number of hydrogen-bond acceptors (Lipinski definition) is 4. The molecule has 2 aromatic rings. The number of sulfonamides is 1. The zero-order valence-corrected chi connectivity index (χ0v) is 13.0. The minimum Gasteiger partial charge on any atom is -0.394 e. The summed E-state index contributed by atoms with van der Waals surface area (Å²) in [7, 11) is -3.87. The van der Waals surface area contributed by atoms with E-state index in [1.807, 2.05) is 0 Å². The smallest absolute Gasteiger partial charge is 0.242 e. The van der Waals surface area contributed by atoms with Gasteiger partial charge in [0.2, 0.25) is 10.0 Å². The average Bonchev–Trinajstić information content (AvgIpc) is 2.48. The van der Waals surface area contributed by atoms with Crippen LogP contribution in [-0.2, 0) is 10.0 Å². The molecule has 21 heavy (non-hydrogen) atoms. The van der Waals surface area contributed by atoms with Crippen molar-refractivity contribution in [3.8, 4) is 0 Å². The molecule has 0 radical (unpaired) electrons. The first-order chi connectivity index (χ1) is 9.94. The Morgan fingerprint density at radius 3 is 2.48 bits per heavy atom. The Morgan fingerprint density at radius 1 is 1.24 bits per heavy atom. The lowest BCUT2D eigenvalue weighted by Crippen LogP contribution is -2.31. The number of benzene rings is 1. The number of nitrogens with one attached hydrogen (secondary N) is 1. The second-order valence-corrected chi connectivity index (χ2v) is 6.69. The zero-order chi connectivity index (χ0) is 15.5. The number of aromatic nitrogens is 1. The van der Waals surface area contributed by atoms with E-state index in [4.69, 9.17) is 23.2 Å². The van der Waals surface area contributed by atoms with Crippen LogP contribution in [-0.4, -0.2) is 25.1 Å². The predicted octanol–water partition coefficient (Wildman–Crippen LogP) is 2.40. The fourth-order valence-electron chi connectivity index (χ4n) is 1.70. The van der Waals surface area contributed by atoms with Gasteiger partial charge in [0.05, 0.1) is 17.7 Å². The first-order valence-electron chi connectivity index (χ1n) is 5.93. The van der Waals surface area contributed by atoms with Gasteiger partial charge in [-0.2, -0.15) is 0 Å². The van der Waals surface area contributed by atoms with Gasteiger partial charge in [-0.25, -0.2) is 18.1 Å². The van der Waals surface area contributed by atoms with Crippen LogP contribution in [0, 0.1) is 0 Å². The lowest BCUT2D eigenvalue weighted by Gasteiger charge is -2.16. The Balaban J connectivity index is 2.29. The van der Waals surface area contributed by atoms with Crippen molar-refractivity contribution in [3.63, 3.8) is 0 Å². The Hall–Kier alpha value is -1.18. The summed E-state index contributed by atoms with van der Waals surface area (Å²) >= 11 is 11.4. The summed E-state index contributed by atoms with van der Waals surface area (Å²) < 4.78 is 27.0. The van der Waals surface area contributed by atoms with Crippen LogP contribution in [0.2, 0.25) is 10.2 Å². The molecule has 0 saturated carbocycles. The molecular weight excluding hydrogens is 335 g/mol. The van der Waals surface area contributed by atoms with E-state index in [0.29, 0.717) is 5.56 Å². The fraction of sp³-hybridized carbons (Fsp3) is 0.154. The van der Waals surface area contributed by atoms with Gasteiger partial charge in [0.1, 0.15) is 10.0 Å². The molecule has 1 atom stereocenters. The van der Waals surface area contributed by atoms with E-state index in [1.54, 1.807) is 30.3 Å². The highest BCUT2D eigenvalue weighted by Crippen LogP contribution is 2.23. The van der Waals surface area contributed by atoms with Gasteiger partial charge in [0, 0.05) is 6.20 Å². The number of hydrogen-bond donors (Lipinski definition) is 2. The van der Waals surface area contributed by atoms with Crippen LogP contribution in [0.15, 0.2) is 47.5 Å². The van der Waals surface area contributed by atoms with E-state index in [0.717, 1.165) is 6.20 Å². The lowest BCUT2D eigenvalue weighted by molar-refractivity contribution is 0.259. The van der Waals surface area contributed by atoms with Gasteiger partial charge < -0.3 is 5.11 Å². The van der Waals surface area contributed by atoms with Crippen molar-refractivity contribution in [2.45, 2.75) is 10.9 Å². The Morgan fingerprint density at radius 2 is 1.90 bits per heavy atom. The normalized spacial score (nSPS) is 13.1. The van der Waals surface area contributed by atoms with Crippen molar-refractivity contribution in [2.75, 3.05) is 6.61 Å². The minimum absolute atomic E-state index is 0.0254. The summed E-state index contributed by atoms with van der Waals surface area (Å²) in [5.41, 5.74) is 0.650. The number of nitrogens with zero attached hydrogens (tertiary/aromatic N) is 1. The number of halogens is 2. The summed E-state index contributed by atoms with van der Waals surface area (Å²) in [6.45, 7) is -0.377. The van der Waals surface area contributed by atoms with Crippen molar-refractivity contribution in [1.82, 2.24) is 9.71 Å². The van der Waals surface area contributed by atoms with Crippen molar-refractivity contribution in [1.29, 1.82) is 0 Å². The third kappa shape index (κ3) is 3.93. The highest BCUT2D eigenvalue weighted by Gasteiger charge is 2.22. The molecule has 0 amide bonds. The van der Waals surface area contributed by atoms with Crippen LogP contribution in [0.4, 0.5) is 0 Å². The van der Waals surface area contributed by atoms with E-state index in [1.165, 1.54) is 6.07 Å². The summed E-state index contributed by atoms with van der Waals surface area (Å²) in [5, 5.41) is 9.47. The van der Waals surface area contributed by atoms with Gasteiger partial charge in [-0.05, 0) is 11.6 Å². The molecule has 0 aliphatic heterocycles. The van der Waals surface area contributed by atoms with Crippen LogP contribution >= 0.6 is 23.2 Å². The van der Waals surface area contributed by atoms with Crippen molar-refractivity contribution >= 4 is 33.2 Å². The van der Waals surface area contributed by atoms with Gasteiger partial charge in [0.25, 0.3) is 0 Å². The number of aliphatic hydroxyl groups is 1. The first kappa shape index (κ1) is 16.2. The van der Waals surface area contributed by atoms with Crippen molar-refractivity contribution in [2.24, 2.45) is 0 Å². The molecule has 0 aliphatic rings. The van der Waals surface area contributed by atoms with E-state index >= 15 is 0 Å². The van der Waals surface area contributed by atoms with Crippen LogP contribution in [0.3, 0.4) is 0 Å². The third-order valence-electron chi connectivity index (χ3n) is 2.76. The largest absolute Gasteiger partial charge is 0.394 e. The maximum absolute atomic E-state index is 12.3. The molecule has 0 unspecified atom stereocenters. The van der Waals surface area contributed by atoms with Crippen LogP contribution in [0.25, 0.3) is 0 Å². The minimum atomic E-state index is -3.87. The number of aliphatic hydroxyl groups excluding tert-OH is 1. The Kier molecular flexibility index (Phi) is 5.18. The van der Waals surface area contributed by atoms with Gasteiger partial charge in [-0.15, -0.1) is 0 Å². The molecule has 8 heteroatoms. The van der Waals surface area contributed by atoms with E-state index in [9.17, 15) is 13.5 Å². The summed E-state index contributed by atoms with van der Waals surface area (Å²) in [6.07, 6.45) is 1.11. The maximum Gasteiger partial charge on any atom is 0.242 e. The van der Waals surface area contributed by atoms with Crippen LogP contribution in [0.1, 0.15) is 11.6 Å². The highest BCUT2D eigenvalue weighted by molar-refractivity contribution is 7.89. The van der Waals surface area contributed by atoms with E-state index < -0.39 is 16.1 Å². The molecule has 0 saturated heterocycles. The topological polar surface area (TPSA) is 79.3 Å². The van der Waals surface area contributed by atoms with Crippen LogP contribution in [0.5, 0.6) is 0 Å². The molecule has 5 nitrogen and oxygen atoms in total. The van der Waals surface area contributed by atoms with E-state index in [-0.39, 0.29) is 21.7 Å². The molecule has 0 fully saturated rings. The lowest BCUT2D eigenvalue weighted by atomic mass is 10.1. The zero-order valence-electron chi connectivity index (χ0n) is 10.7. The second kappa shape index (κ2) is 6.72. The summed E-state index contributed by atoms with van der Waals surface area (Å²) in [4.78, 5) is 3.58. The molecule has 112 valence electrons. The molecule has 0 bridgehead atoms. The van der Waals surface area contributed by atoms with Gasteiger partial charge in [0.15, 0.2) is 0 Å². The van der Waals surface area contributed by atoms with Gasteiger partial charge >= 0.3 is 0 Å². The quantitative estimate of drug-likeness (QED) is 0.814. The van der Waals surface area contributed by atoms with E-state index in [2.05, 4.69) is 9.71 Å². The summed E-state index contributed by atoms with van der Waals surface area (Å²) in [6, 6.07) is 9.20. The highest BCUT2D eigenvalue weighted by atomic mass is 35.5. The second-order valence-electron chi connectivity index (χ2n) is 4.21. The fourth-order valence-corrected chi connectivity index (χ4v) is 3.22. The molecule has 1 heterocycles. The summed E-state index contributed by atoms with van der Waals surface area (Å²) in [5.74, 6) is 0. The maximum atomic E-state index is 12.3. The molecule has 2 N–H and O–H groups in total. The monoisotopic (exact) mass is 346 g/mol. The Bertz CT molecular complexity index is 723. The molecule has 2 rings (SSSR count). The van der Waals surface area contributed by atoms with Crippen molar-refractivity contribution in [3.05, 3.63) is 58.3 Å². The van der Waals surface area contributed by atoms with Crippen molar-refractivity contribution < 1.29 is 13.5 Å². The van der Waals surface area contributed by atoms with Gasteiger partial charge in [-0.1, -0.05) is 53.5 Å². The molecule has 1 aromatic heterocycles. The molecular formula is C13H12Cl2N2O3S.